The third-order valence-electron chi connectivity index (χ3n) is 7.00. The average molecular weight is 608 g/mol. The molecule has 0 aliphatic carbocycles. The lowest BCUT2D eigenvalue weighted by Gasteiger charge is -2.22. The van der Waals surface area contributed by atoms with E-state index in [2.05, 4.69) is 36.2 Å². The number of esters is 1. The number of ether oxygens (including phenoxy) is 2. The van der Waals surface area contributed by atoms with E-state index in [-0.39, 0.29) is 11.5 Å². The molecule has 5 rings (SSSR count). The smallest absolute Gasteiger partial charge is 0.411 e. The molecule has 1 aliphatic heterocycles. The minimum atomic E-state index is -0.659. The highest BCUT2D eigenvalue weighted by Crippen LogP contribution is 2.33. The van der Waals surface area contributed by atoms with Gasteiger partial charge in [-0.05, 0) is 49.2 Å². The number of anilines is 3. The Balaban J connectivity index is 1.45. The zero-order valence-electron chi connectivity index (χ0n) is 23.4. The topological polar surface area (TPSA) is 191 Å². The van der Waals surface area contributed by atoms with E-state index >= 15 is 0 Å². The van der Waals surface area contributed by atoms with E-state index in [0.717, 1.165) is 0 Å². The molecule has 0 radical (unpaired) electrons. The Morgan fingerprint density at radius 2 is 1.91 bits per heavy atom. The minimum Gasteiger partial charge on any atom is -0.467 e. The van der Waals surface area contributed by atoms with Crippen LogP contribution in [0.2, 0.25) is 5.02 Å². The number of hydrogen-bond acceptors (Lipinski definition) is 10. The number of aromatic amines is 1. The summed E-state index contributed by atoms with van der Waals surface area (Å²) in [6.07, 6.45) is 3.27. The fourth-order valence-corrected chi connectivity index (χ4v) is 5.01. The van der Waals surface area contributed by atoms with Crippen molar-refractivity contribution in [3.63, 3.8) is 0 Å². The normalized spacial score (nSPS) is 16.4. The second-order valence-electron chi connectivity index (χ2n) is 9.80. The van der Waals surface area contributed by atoms with Crippen molar-refractivity contribution in [2.24, 2.45) is 0 Å². The predicted octanol–water partition coefficient (Wildman–Crippen LogP) is 4.07. The quantitative estimate of drug-likeness (QED) is 0.207. The fraction of sp³-hybridized carbons (Fsp3) is 0.286. The van der Waals surface area contributed by atoms with Crippen molar-refractivity contribution >= 4 is 46.8 Å². The van der Waals surface area contributed by atoms with E-state index in [1.54, 1.807) is 48.7 Å². The van der Waals surface area contributed by atoms with Gasteiger partial charge in [0.15, 0.2) is 11.5 Å². The van der Waals surface area contributed by atoms with Crippen molar-refractivity contribution in [3.05, 3.63) is 65.2 Å². The number of nitrogens with zero attached hydrogens (tertiary/aromatic N) is 4. The van der Waals surface area contributed by atoms with Crippen LogP contribution in [0.3, 0.4) is 0 Å². The number of nitrogens with two attached hydrogens (primary N) is 1. The molecular formula is C28H30ClN9O5. The molecular weight excluding hydrogens is 578 g/mol. The first-order valence-electron chi connectivity index (χ1n) is 13.4. The summed E-state index contributed by atoms with van der Waals surface area (Å²) in [4.78, 5) is 45.7. The van der Waals surface area contributed by atoms with Gasteiger partial charge in [0.25, 0.3) is 5.91 Å². The second kappa shape index (κ2) is 12.8. The zero-order valence-corrected chi connectivity index (χ0v) is 24.1. The molecule has 0 spiro atoms. The highest BCUT2D eigenvalue weighted by molar-refractivity contribution is 6.30. The molecule has 2 aromatic heterocycles. The molecule has 14 nitrogen and oxygen atoms in total. The van der Waals surface area contributed by atoms with Gasteiger partial charge in [-0.15, -0.1) is 5.10 Å². The van der Waals surface area contributed by atoms with Crippen LogP contribution in [0.4, 0.5) is 22.0 Å². The summed E-state index contributed by atoms with van der Waals surface area (Å²) >= 11 is 6.10. The summed E-state index contributed by atoms with van der Waals surface area (Å²) in [5.74, 6) is -0.362. The van der Waals surface area contributed by atoms with Crippen molar-refractivity contribution in [2.45, 2.75) is 37.8 Å². The lowest BCUT2D eigenvalue weighted by molar-refractivity contribution is -0.141. The number of carbonyl (C=O) groups is 3. The van der Waals surface area contributed by atoms with Gasteiger partial charge in [0.1, 0.15) is 11.9 Å². The van der Waals surface area contributed by atoms with Gasteiger partial charge < -0.3 is 30.8 Å². The first-order chi connectivity index (χ1) is 20.8. The first-order valence-corrected chi connectivity index (χ1v) is 13.8. The van der Waals surface area contributed by atoms with Crippen molar-refractivity contribution < 1.29 is 23.9 Å². The Morgan fingerprint density at radius 1 is 1.09 bits per heavy atom. The number of carbonyl (C=O) groups excluding carboxylic acids is 3. The van der Waals surface area contributed by atoms with Gasteiger partial charge >= 0.3 is 12.1 Å². The van der Waals surface area contributed by atoms with Crippen molar-refractivity contribution in [1.29, 1.82) is 0 Å². The van der Waals surface area contributed by atoms with Crippen LogP contribution in [-0.2, 0) is 14.3 Å². The summed E-state index contributed by atoms with van der Waals surface area (Å²) in [6.45, 7) is 0. The molecule has 1 aliphatic rings. The van der Waals surface area contributed by atoms with Crippen LogP contribution in [0.1, 0.15) is 48.0 Å². The van der Waals surface area contributed by atoms with E-state index in [1.165, 1.54) is 18.9 Å². The molecule has 15 heteroatoms. The Labute approximate surface area is 251 Å². The maximum atomic E-state index is 13.4. The summed E-state index contributed by atoms with van der Waals surface area (Å²) < 4.78 is 11.1. The van der Waals surface area contributed by atoms with Crippen LogP contribution in [0.15, 0.2) is 48.7 Å². The lowest BCUT2D eigenvalue weighted by Crippen LogP contribution is -2.32. The second-order valence-corrected chi connectivity index (χ2v) is 10.2. The third kappa shape index (κ3) is 6.54. The van der Waals surface area contributed by atoms with Gasteiger partial charge in [-0.2, -0.15) is 4.68 Å². The van der Waals surface area contributed by atoms with Crippen LogP contribution in [-0.4, -0.2) is 63.2 Å². The molecule has 2 amide bonds. The molecule has 2 atom stereocenters. The maximum absolute atomic E-state index is 13.4. The van der Waals surface area contributed by atoms with E-state index in [1.807, 2.05) is 0 Å². The van der Waals surface area contributed by atoms with Crippen LogP contribution in [0, 0.1) is 0 Å². The number of fused-ring (bicyclic) bond motifs is 4. The molecule has 0 saturated heterocycles. The molecule has 224 valence electrons. The Morgan fingerprint density at radius 3 is 2.67 bits per heavy atom. The largest absolute Gasteiger partial charge is 0.467 e. The highest BCUT2D eigenvalue weighted by Gasteiger charge is 2.27. The number of nitrogens with one attached hydrogen (secondary N) is 4. The summed E-state index contributed by atoms with van der Waals surface area (Å²) in [5.41, 5.74) is 9.11. The van der Waals surface area contributed by atoms with Crippen LogP contribution >= 0.6 is 11.6 Å². The molecule has 6 N–H and O–H groups in total. The standard InChI is InChI=1S/C28H30ClN9O5/c1-42-27(40)20-9-4-3-8-19(35-26(39)23-24(30)38(37-36-23)17-7-5-6-15(29)12-17)25-31-14-22(34-25)18-11-10-16(13-21(18)33-20)32-28(41)43-2/h5-7,10-14,19-20,33H,3-4,8-9,30H2,1-2H3,(H,31,34)(H,32,41)(H,35,39)/t19-,20+/m0/s1. The molecule has 2 aromatic carbocycles. The number of benzene rings is 2. The van der Waals surface area contributed by atoms with Crippen molar-refractivity contribution in [1.82, 2.24) is 30.3 Å². The molecule has 3 heterocycles. The number of rotatable bonds is 5. The third-order valence-corrected chi connectivity index (χ3v) is 7.23. The zero-order chi connectivity index (χ0) is 30.5. The fourth-order valence-electron chi connectivity index (χ4n) is 4.82. The number of amides is 2. The molecule has 4 aromatic rings. The Bertz CT molecular complexity index is 1650. The SMILES string of the molecule is COC(=O)Nc1ccc2c(c1)N[C@@H](C(=O)OC)CCCC[C@H](NC(=O)c1nnn(-c3cccc(Cl)c3)c1N)c1ncc-2[nH]1. The summed E-state index contributed by atoms with van der Waals surface area (Å²) in [7, 11) is 2.60. The Kier molecular flexibility index (Phi) is 8.76. The maximum Gasteiger partial charge on any atom is 0.411 e. The molecule has 0 unspecified atom stereocenters. The lowest BCUT2D eigenvalue weighted by atomic mass is 10.0. The monoisotopic (exact) mass is 607 g/mol. The molecule has 2 bridgehead atoms. The van der Waals surface area contributed by atoms with Gasteiger partial charge in [0.05, 0.1) is 37.8 Å². The number of imidazole rings is 1. The van der Waals surface area contributed by atoms with Gasteiger partial charge in [-0.1, -0.05) is 35.7 Å². The summed E-state index contributed by atoms with van der Waals surface area (Å²) in [5, 5.41) is 17.4. The number of hydrogen-bond donors (Lipinski definition) is 5. The van der Waals surface area contributed by atoms with E-state index < -0.39 is 30.1 Å². The van der Waals surface area contributed by atoms with Gasteiger partial charge in [-0.3, -0.25) is 10.1 Å². The van der Waals surface area contributed by atoms with Crippen LogP contribution < -0.4 is 21.7 Å². The predicted molar refractivity (Wildman–Crippen MR) is 159 cm³/mol. The average Bonchev–Trinajstić information content (AvgIpc) is 3.64. The van der Waals surface area contributed by atoms with Gasteiger partial charge in [0, 0.05) is 22.0 Å². The first kappa shape index (κ1) is 29.4. The van der Waals surface area contributed by atoms with Crippen LogP contribution in [0.5, 0.6) is 0 Å². The number of aromatic nitrogens is 5. The van der Waals surface area contributed by atoms with Crippen molar-refractivity contribution in [2.75, 3.05) is 30.6 Å². The number of halogens is 1. The van der Waals surface area contributed by atoms with Crippen molar-refractivity contribution in [3.8, 4) is 16.9 Å². The van der Waals surface area contributed by atoms with Gasteiger partial charge in [-0.25, -0.2) is 14.6 Å². The van der Waals surface area contributed by atoms with E-state index in [4.69, 9.17) is 26.8 Å². The summed E-state index contributed by atoms with van der Waals surface area (Å²) in [6, 6.07) is 10.8. The molecule has 0 saturated carbocycles. The van der Waals surface area contributed by atoms with E-state index in [0.29, 0.717) is 64.8 Å². The Hall–Kier alpha value is -5.11. The molecule has 43 heavy (non-hydrogen) atoms. The minimum absolute atomic E-state index is 0.0381. The number of H-pyrrole nitrogens is 1. The number of methoxy groups -OCH3 is 2. The van der Waals surface area contributed by atoms with Crippen LogP contribution in [0.25, 0.3) is 16.9 Å². The highest BCUT2D eigenvalue weighted by atomic mass is 35.5. The number of nitrogen functional groups attached to an aromatic ring is 1. The molecule has 0 fully saturated rings. The van der Waals surface area contributed by atoms with E-state index in [9.17, 15) is 14.4 Å². The van der Waals surface area contributed by atoms with Gasteiger partial charge in [0.2, 0.25) is 0 Å².